The van der Waals surface area contributed by atoms with E-state index in [0.717, 1.165) is 6.07 Å². The van der Waals surface area contributed by atoms with Crippen LogP contribution in [0.5, 0.6) is 0 Å². The molecule has 2 aromatic rings. The molecule has 98 valence electrons. The third-order valence-electron chi connectivity index (χ3n) is 2.18. The van der Waals surface area contributed by atoms with Gasteiger partial charge < -0.3 is 5.73 Å². The molecule has 0 bridgehead atoms. The van der Waals surface area contributed by atoms with Gasteiger partial charge in [-0.3, -0.25) is 5.10 Å². The Kier molecular flexibility index (Phi) is 3.85. The van der Waals surface area contributed by atoms with E-state index in [-0.39, 0.29) is 23.8 Å². The van der Waals surface area contributed by atoms with Gasteiger partial charge in [-0.25, -0.2) is 4.39 Å². The monoisotopic (exact) mass is 281 g/mol. The third-order valence-corrected chi connectivity index (χ3v) is 2.18. The van der Waals surface area contributed by atoms with Crippen LogP contribution >= 0.6 is 12.4 Å². The number of nitrogen functional groups attached to an aromatic ring is 1. The average Bonchev–Trinajstić information content (AvgIpc) is 2.64. The topological polar surface area (TPSA) is 54.7 Å². The maximum absolute atomic E-state index is 13.0. The van der Waals surface area contributed by atoms with E-state index >= 15 is 0 Å². The summed E-state index contributed by atoms with van der Waals surface area (Å²) >= 11 is 0. The summed E-state index contributed by atoms with van der Waals surface area (Å²) in [6, 6.07) is 4.06. The van der Waals surface area contributed by atoms with E-state index in [1.807, 2.05) is 0 Å². The molecule has 3 nitrogen and oxygen atoms in total. The van der Waals surface area contributed by atoms with Crippen LogP contribution in [0.1, 0.15) is 5.56 Å². The highest BCUT2D eigenvalue weighted by molar-refractivity contribution is 5.85. The number of anilines is 1. The second-order valence-corrected chi connectivity index (χ2v) is 3.40. The Morgan fingerprint density at radius 2 is 1.83 bits per heavy atom. The first-order valence-corrected chi connectivity index (χ1v) is 4.56. The Morgan fingerprint density at radius 1 is 1.17 bits per heavy atom. The van der Waals surface area contributed by atoms with Crippen molar-refractivity contribution in [3.8, 4) is 11.3 Å². The van der Waals surface area contributed by atoms with Crippen molar-refractivity contribution in [2.45, 2.75) is 6.18 Å². The molecule has 1 aromatic carbocycles. The fourth-order valence-corrected chi connectivity index (χ4v) is 1.40. The number of H-pyrrole nitrogens is 1. The molecule has 18 heavy (non-hydrogen) atoms. The lowest BCUT2D eigenvalue weighted by Crippen LogP contribution is -2.08. The third kappa shape index (κ3) is 2.73. The first kappa shape index (κ1) is 14.3. The summed E-state index contributed by atoms with van der Waals surface area (Å²) in [7, 11) is 0. The summed E-state index contributed by atoms with van der Waals surface area (Å²) in [5.74, 6) is -1.16. The number of halogens is 5. The van der Waals surface area contributed by atoms with Crippen LogP contribution in [-0.4, -0.2) is 10.2 Å². The molecule has 0 amide bonds. The largest absolute Gasteiger partial charge is 0.419 e. The molecule has 0 atom stereocenters. The molecule has 0 radical (unpaired) electrons. The van der Waals surface area contributed by atoms with Crippen LogP contribution in [0, 0.1) is 5.82 Å². The number of benzene rings is 1. The fraction of sp³-hybridized carbons (Fsp3) is 0.100. The van der Waals surface area contributed by atoms with Gasteiger partial charge in [0, 0.05) is 11.6 Å². The quantitative estimate of drug-likeness (QED) is 0.789. The molecule has 0 fully saturated rings. The molecule has 0 aliphatic carbocycles. The molecular formula is C10H8ClF4N3. The predicted octanol–water partition coefficient (Wildman–Crippen LogP) is 3.24. The van der Waals surface area contributed by atoms with Crippen LogP contribution in [0.4, 0.5) is 23.4 Å². The van der Waals surface area contributed by atoms with Crippen LogP contribution in [0.2, 0.25) is 0 Å². The number of alkyl halides is 3. The summed E-state index contributed by atoms with van der Waals surface area (Å²) in [6.07, 6.45) is -4.73. The van der Waals surface area contributed by atoms with Crippen LogP contribution in [0.3, 0.4) is 0 Å². The average molecular weight is 282 g/mol. The van der Waals surface area contributed by atoms with Gasteiger partial charge >= 0.3 is 6.18 Å². The summed E-state index contributed by atoms with van der Waals surface area (Å²) in [5.41, 5.74) is 4.48. The first-order valence-electron chi connectivity index (χ1n) is 4.56. The SMILES string of the molecule is Cl.Nc1cc(-c2ccc(F)c(C(F)(F)F)c2)[nH]n1. The second kappa shape index (κ2) is 4.85. The number of nitrogens with two attached hydrogens (primary N) is 1. The van der Waals surface area contributed by atoms with Gasteiger partial charge in [0.1, 0.15) is 11.6 Å². The zero-order chi connectivity index (χ0) is 12.6. The minimum absolute atomic E-state index is 0. The number of hydrogen-bond donors (Lipinski definition) is 2. The number of rotatable bonds is 1. The van der Waals surface area contributed by atoms with E-state index in [9.17, 15) is 17.6 Å². The summed E-state index contributed by atoms with van der Waals surface area (Å²) in [5, 5.41) is 6.04. The van der Waals surface area contributed by atoms with Crippen molar-refractivity contribution >= 4 is 18.2 Å². The van der Waals surface area contributed by atoms with E-state index in [1.165, 1.54) is 12.1 Å². The van der Waals surface area contributed by atoms with Gasteiger partial charge in [-0.15, -0.1) is 12.4 Å². The van der Waals surface area contributed by atoms with Crippen molar-refractivity contribution in [1.82, 2.24) is 10.2 Å². The Bertz CT molecular complexity index is 550. The van der Waals surface area contributed by atoms with Crippen LogP contribution < -0.4 is 5.73 Å². The van der Waals surface area contributed by atoms with Gasteiger partial charge in [0.15, 0.2) is 0 Å². The number of nitrogens with zero attached hydrogens (tertiary/aromatic N) is 1. The number of aromatic amines is 1. The summed E-state index contributed by atoms with van der Waals surface area (Å²) in [6.45, 7) is 0. The number of nitrogens with one attached hydrogen (secondary N) is 1. The normalized spacial score (nSPS) is 11.1. The van der Waals surface area contributed by atoms with Crippen molar-refractivity contribution in [2.24, 2.45) is 0 Å². The highest BCUT2D eigenvalue weighted by Crippen LogP contribution is 2.33. The van der Waals surface area contributed by atoms with E-state index in [1.54, 1.807) is 0 Å². The zero-order valence-electron chi connectivity index (χ0n) is 8.75. The molecular weight excluding hydrogens is 274 g/mol. The van der Waals surface area contributed by atoms with E-state index in [4.69, 9.17) is 5.73 Å². The highest BCUT2D eigenvalue weighted by Gasteiger charge is 2.34. The van der Waals surface area contributed by atoms with Gasteiger partial charge in [-0.05, 0) is 18.2 Å². The zero-order valence-corrected chi connectivity index (χ0v) is 9.57. The maximum Gasteiger partial charge on any atom is 0.419 e. The molecule has 3 N–H and O–H groups in total. The lowest BCUT2D eigenvalue weighted by Gasteiger charge is -2.09. The predicted molar refractivity (Wildman–Crippen MR) is 60.6 cm³/mol. The molecule has 8 heteroatoms. The Balaban J connectivity index is 0.00000162. The molecule has 1 heterocycles. The smallest absolute Gasteiger partial charge is 0.382 e. The maximum atomic E-state index is 13.0. The van der Waals surface area contributed by atoms with E-state index in [0.29, 0.717) is 11.8 Å². The fourth-order valence-electron chi connectivity index (χ4n) is 1.40. The molecule has 0 spiro atoms. The van der Waals surface area contributed by atoms with Gasteiger partial charge in [-0.1, -0.05) is 0 Å². The standard InChI is InChI=1S/C10H7F4N3.ClH/c11-7-2-1-5(3-6(7)10(12,13)14)8-4-9(15)17-16-8;/h1-4H,(H3,15,16,17);1H. The van der Waals surface area contributed by atoms with Gasteiger partial charge in [0.2, 0.25) is 0 Å². The molecule has 0 saturated heterocycles. The molecule has 1 aromatic heterocycles. The first-order chi connectivity index (χ1) is 7.88. The second-order valence-electron chi connectivity index (χ2n) is 3.40. The van der Waals surface area contributed by atoms with E-state index in [2.05, 4.69) is 10.2 Å². The minimum Gasteiger partial charge on any atom is -0.382 e. The van der Waals surface area contributed by atoms with Crippen LogP contribution in [-0.2, 0) is 6.18 Å². The highest BCUT2D eigenvalue weighted by atomic mass is 35.5. The van der Waals surface area contributed by atoms with Crippen molar-refractivity contribution in [3.63, 3.8) is 0 Å². The summed E-state index contributed by atoms with van der Waals surface area (Å²) in [4.78, 5) is 0. The van der Waals surface area contributed by atoms with Crippen molar-refractivity contribution < 1.29 is 17.6 Å². The van der Waals surface area contributed by atoms with Crippen LogP contribution in [0.25, 0.3) is 11.3 Å². The Morgan fingerprint density at radius 3 is 2.33 bits per heavy atom. The molecule has 0 aliphatic heterocycles. The van der Waals surface area contributed by atoms with Crippen molar-refractivity contribution in [1.29, 1.82) is 0 Å². The van der Waals surface area contributed by atoms with Gasteiger partial charge in [0.25, 0.3) is 0 Å². The number of hydrogen-bond acceptors (Lipinski definition) is 2. The summed E-state index contributed by atoms with van der Waals surface area (Å²) < 4.78 is 50.4. The Labute approximate surface area is 105 Å². The molecule has 0 aliphatic rings. The lowest BCUT2D eigenvalue weighted by atomic mass is 10.1. The van der Waals surface area contributed by atoms with Gasteiger partial charge in [-0.2, -0.15) is 18.3 Å². The molecule has 2 rings (SSSR count). The van der Waals surface area contributed by atoms with Gasteiger partial charge in [0.05, 0.1) is 11.3 Å². The van der Waals surface area contributed by atoms with E-state index < -0.39 is 17.6 Å². The minimum atomic E-state index is -4.73. The molecule has 0 unspecified atom stereocenters. The molecule has 0 saturated carbocycles. The number of aromatic nitrogens is 2. The van der Waals surface area contributed by atoms with Crippen molar-refractivity contribution in [2.75, 3.05) is 5.73 Å². The lowest BCUT2D eigenvalue weighted by molar-refractivity contribution is -0.139. The van der Waals surface area contributed by atoms with Crippen LogP contribution in [0.15, 0.2) is 24.3 Å². The Hall–Kier alpha value is -1.76. The van der Waals surface area contributed by atoms with Crippen molar-refractivity contribution in [3.05, 3.63) is 35.6 Å².